The van der Waals surface area contributed by atoms with Gasteiger partial charge in [0.15, 0.2) is 6.04 Å². The molecule has 0 unspecified atom stereocenters. The lowest BCUT2D eigenvalue weighted by Crippen LogP contribution is -2.38. The summed E-state index contributed by atoms with van der Waals surface area (Å²) in [5.41, 5.74) is -0.147. The first kappa shape index (κ1) is 18.8. The fourth-order valence-electron chi connectivity index (χ4n) is 1.74. The Morgan fingerprint density at radius 3 is 2.30 bits per heavy atom. The average Bonchev–Trinajstić information content (AvgIpc) is 2.48. The number of aliphatic hydroxyl groups excluding tert-OH is 1. The number of methoxy groups -OCH3 is 1. The van der Waals surface area contributed by atoms with Crippen LogP contribution in [0.5, 0.6) is 5.75 Å². The fourth-order valence-corrected chi connectivity index (χ4v) is 1.74. The molecule has 0 fully saturated rings. The lowest BCUT2D eigenvalue weighted by atomic mass is 10.1. The topological polar surface area (TPSA) is 94.1 Å². The third kappa shape index (κ3) is 6.56. The average molecular weight is 325 g/mol. The van der Waals surface area contributed by atoms with Crippen LogP contribution in [0, 0.1) is 0 Å². The highest BCUT2D eigenvalue weighted by atomic mass is 16.6. The third-order valence-electron chi connectivity index (χ3n) is 2.67. The van der Waals surface area contributed by atoms with Crippen molar-refractivity contribution in [1.82, 2.24) is 5.32 Å². The molecule has 7 heteroatoms. The first-order chi connectivity index (χ1) is 10.8. The van der Waals surface area contributed by atoms with E-state index in [1.54, 1.807) is 45.0 Å². The van der Waals surface area contributed by atoms with Crippen molar-refractivity contribution in [2.45, 2.75) is 32.4 Å². The lowest BCUT2D eigenvalue weighted by Gasteiger charge is -2.22. The Morgan fingerprint density at radius 1 is 1.22 bits per heavy atom. The first-order valence-corrected chi connectivity index (χ1v) is 7.18. The zero-order valence-electron chi connectivity index (χ0n) is 13.8. The third-order valence-corrected chi connectivity index (χ3v) is 2.67. The van der Waals surface area contributed by atoms with Gasteiger partial charge in [0, 0.05) is 0 Å². The smallest absolute Gasteiger partial charge is 0.408 e. The van der Waals surface area contributed by atoms with E-state index in [9.17, 15) is 9.59 Å². The van der Waals surface area contributed by atoms with Crippen LogP contribution in [0.2, 0.25) is 0 Å². The first-order valence-electron chi connectivity index (χ1n) is 7.18. The lowest BCUT2D eigenvalue weighted by molar-refractivity contribution is -0.143. The molecule has 0 spiro atoms. The van der Waals surface area contributed by atoms with Crippen LogP contribution in [0.3, 0.4) is 0 Å². The van der Waals surface area contributed by atoms with E-state index in [0.717, 1.165) is 0 Å². The van der Waals surface area contributed by atoms with Crippen molar-refractivity contribution in [2.75, 3.05) is 20.3 Å². The maximum Gasteiger partial charge on any atom is 0.408 e. The number of carbonyl (C=O) groups excluding carboxylic acids is 2. The van der Waals surface area contributed by atoms with Gasteiger partial charge in [0.05, 0.1) is 13.7 Å². The maximum absolute atomic E-state index is 11.9. The van der Waals surface area contributed by atoms with Gasteiger partial charge in [-0.25, -0.2) is 9.59 Å². The number of aliphatic hydroxyl groups is 1. The zero-order valence-corrected chi connectivity index (χ0v) is 13.8. The summed E-state index contributed by atoms with van der Waals surface area (Å²) in [6.07, 6.45) is -0.714. The van der Waals surface area contributed by atoms with Crippen LogP contribution in [0.4, 0.5) is 4.79 Å². The van der Waals surface area contributed by atoms with E-state index in [2.05, 4.69) is 5.32 Å². The number of ether oxygens (including phenoxy) is 3. The molecule has 1 rings (SSSR count). The Morgan fingerprint density at radius 2 is 1.83 bits per heavy atom. The van der Waals surface area contributed by atoms with E-state index in [1.165, 1.54) is 7.11 Å². The van der Waals surface area contributed by atoms with E-state index >= 15 is 0 Å². The minimum absolute atomic E-state index is 0.0905. The van der Waals surface area contributed by atoms with Crippen molar-refractivity contribution in [1.29, 1.82) is 0 Å². The molecule has 23 heavy (non-hydrogen) atoms. The summed E-state index contributed by atoms with van der Waals surface area (Å²) in [7, 11) is 1.24. The van der Waals surface area contributed by atoms with Crippen LogP contribution in [0.25, 0.3) is 0 Å². The van der Waals surface area contributed by atoms with Gasteiger partial charge in [-0.3, -0.25) is 0 Å². The monoisotopic (exact) mass is 325 g/mol. The number of benzene rings is 1. The van der Waals surface area contributed by atoms with Gasteiger partial charge in [-0.2, -0.15) is 0 Å². The van der Waals surface area contributed by atoms with E-state index in [1.807, 2.05) is 0 Å². The highest BCUT2D eigenvalue weighted by Gasteiger charge is 2.26. The van der Waals surface area contributed by atoms with Crippen LogP contribution in [-0.2, 0) is 14.3 Å². The molecular weight excluding hydrogens is 302 g/mol. The second kappa shape index (κ2) is 8.38. The molecule has 7 nitrogen and oxygen atoms in total. The van der Waals surface area contributed by atoms with Gasteiger partial charge in [-0.15, -0.1) is 0 Å². The van der Waals surface area contributed by atoms with Crippen molar-refractivity contribution in [3.63, 3.8) is 0 Å². The normalized spacial score (nSPS) is 12.2. The molecule has 1 atom stereocenters. The number of hydrogen-bond acceptors (Lipinski definition) is 6. The van der Waals surface area contributed by atoms with Gasteiger partial charge in [-0.05, 0) is 38.5 Å². The molecule has 1 aromatic rings. The Labute approximate surface area is 135 Å². The number of nitrogens with one attached hydrogen (secondary N) is 1. The minimum Gasteiger partial charge on any atom is -0.491 e. The molecule has 0 radical (unpaired) electrons. The Hall–Kier alpha value is -2.28. The molecule has 0 aliphatic rings. The molecule has 0 saturated carbocycles. The highest BCUT2D eigenvalue weighted by molar-refractivity contribution is 5.82. The summed E-state index contributed by atoms with van der Waals surface area (Å²) in [4.78, 5) is 23.8. The number of amides is 1. The second-order valence-corrected chi connectivity index (χ2v) is 5.74. The van der Waals surface area contributed by atoms with Gasteiger partial charge >= 0.3 is 12.1 Å². The quantitative estimate of drug-likeness (QED) is 0.775. The summed E-state index contributed by atoms with van der Waals surface area (Å²) < 4.78 is 15.1. The van der Waals surface area contributed by atoms with Crippen molar-refractivity contribution in [3.05, 3.63) is 29.8 Å². The van der Waals surface area contributed by atoms with E-state index in [4.69, 9.17) is 19.3 Å². The van der Waals surface area contributed by atoms with Gasteiger partial charge in [-0.1, -0.05) is 12.1 Å². The molecule has 1 aromatic carbocycles. The molecule has 0 heterocycles. The highest BCUT2D eigenvalue weighted by Crippen LogP contribution is 2.20. The largest absolute Gasteiger partial charge is 0.491 e. The molecule has 0 bridgehead atoms. The molecule has 128 valence electrons. The van der Waals surface area contributed by atoms with Crippen molar-refractivity contribution >= 4 is 12.1 Å². The number of carbonyl (C=O) groups is 2. The van der Waals surface area contributed by atoms with Crippen LogP contribution in [0.1, 0.15) is 32.4 Å². The van der Waals surface area contributed by atoms with Gasteiger partial charge in [0.25, 0.3) is 0 Å². The Bertz CT molecular complexity index is 520. The summed E-state index contributed by atoms with van der Waals surface area (Å²) in [6.45, 7) is 5.27. The summed E-state index contributed by atoms with van der Waals surface area (Å²) in [5, 5.41) is 11.2. The second-order valence-electron chi connectivity index (χ2n) is 5.74. The molecule has 0 aromatic heterocycles. The molecular formula is C16H23NO6. The van der Waals surface area contributed by atoms with Crippen LogP contribution < -0.4 is 10.1 Å². The van der Waals surface area contributed by atoms with Gasteiger partial charge in [0.1, 0.15) is 18.0 Å². The van der Waals surface area contributed by atoms with Crippen LogP contribution in [-0.4, -0.2) is 43.1 Å². The predicted octanol–water partition coefficient (Wildman–Crippen LogP) is 1.80. The number of hydrogen-bond donors (Lipinski definition) is 2. The fraction of sp³-hybridized carbons (Fsp3) is 0.500. The van der Waals surface area contributed by atoms with Crippen molar-refractivity contribution in [3.8, 4) is 5.75 Å². The number of rotatable bonds is 6. The zero-order chi connectivity index (χ0) is 17.5. The SMILES string of the molecule is COC(=O)[C@H](NC(=O)OC(C)(C)C)c1ccc(OCCO)cc1. The summed E-state index contributed by atoms with van der Waals surface area (Å²) >= 11 is 0. The van der Waals surface area contributed by atoms with Gasteiger partial charge < -0.3 is 24.6 Å². The van der Waals surface area contributed by atoms with Crippen molar-refractivity contribution in [2.24, 2.45) is 0 Å². The summed E-state index contributed by atoms with van der Waals surface area (Å²) in [5.74, 6) is -0.0661. The molecule has 0 saturated heterocycles. The Kier molecular flexibility index (Phi) is 6.84. The molecule has 0 aliphatic carbocycles. The van der Waals surface area contributed by atoms with E-state index in [0.29, 0.717) is 11.3 Å². The molecule has 1 amide bonds. The van der Waals surface area contributed by atoms with E-state index < -0.39 is 23.7 Å². The summed E-state index contributed by atoms with van der Waals surface area (Å²) in [6, 6.07) is 5.55. The van der Waals surface area contributed by atoms with Gasteiger partial charge in [0.2, 0.25) is 0 Å². The predicted molar refractivity (Wildman–Crippen MR) is 83.1 cm³/mol. The van der Waals surface area contributed by atoms with Crippen LogP contribution in [0.15, 0.2) is 24.3 Å². The number of esters is 1. The Balaban J connectivity index is 2.85. The standard InChI is InChI=1S/C16H23NO6/c1-16(2,3)23-15(20)17-13(14(19)21-4)11-5-7-12(8-6-11)22-10-9-18/h5-8,13,18H,9-10H2,1-4H3,(H,17,20)/t13-/m1/s1. The van der Waals surface area contributed by atoms with Crippen molar-refractivity contribution < 1.29 is 28.9 Å². The van der Waals surface area contributed by atoms with Crippen LogP contribution >= 0.6 is 0 Å². The molecule has 0 aliphatic heterocycles. The molecule has 2 N–H and O–H groups in total. The number of alkyl carbamates (subject to hydrolysis) is 1. The van der Waals surface area contributed by atoms with E-state index in [-0.39, 0.29) is 13.2 Å². The minimum atomic E-state index is -0.984. The maximum atomic E-state index is 11.9.